The molecule has 4 aromatic rings. The second-order valence-corrected chi connectivity index (χ2v) is 7.42. The molecule has 0 fully saturated rings. The van der Waals surface area contributed by atoms with Gasteiger partial charge in [0.2, 0.25) is 0 Å². The van der Waals surface area contributed by atoms with Crippen molar-refractivity contribution in [2.24, 2.45) is 0 Å². The maximum atomic E-state index is 10.3. The average molecular weight is 607 g/mol. The normalized spacial score (nSPS) is 9.03. The predicted octanol–water partition coefficient (Wildman–Crippen LogP) is 7.01. The van der Waals surface area contributed by atoms with Crippen LogP contribution in [-0.4, -0.2) is 0 Å². The summed E-state index contributed by atoms with van der Waals surface area (Å²) in [5, 5.41) is 20.5. The predicted molar refractivity (Wildman–Crippen MR) is 133 cm³/mol. The van der Waals surface area contributed by atoms with Crippen molar-refractivity contribution in [1.82, 2.24) is 0 Å². The van der Waals surface area contributed by atoms with Crippen LogP contribution in [0.1, 0.15) is 50.7 Å². The molecule has 0 saturated carbocycles. The van der Waals surface area contributed by atoms with E-state index in [1.807, 2.05) is 12.1 Å². The molecule has 33 heavy (non-hydrogen) atoms. The Bertz CT molecular complexity index is 779. The van der Waals surface area contributed by atoms with E-state index in [2.05, 4.69) is 62.4 Å². The molecule has 4 aromatic carbocycles. The Kier molecular flexibility index (Phi) is 19.9. The van der Waals surface area contributed by atoms with Crippen molar-refractivity contribution in [1.29, 1.82) is 0 Å². The molecule has 0 heterocycles. The average Bonchev–Trinajstić information content (AvgIpc) is 3.53. The molecule has 3 heteroatoms. The molecule has 0 radical (unpaired) electrons. The third kappa shape index (κ3) is 17.8. The van der Waals surface area contributed by atoms with Gasteiger partial charge in [0, 0.05) is 0 Å². The first-order valence-corrected chi connectivity index (χ1v) is 11.5. The van der Waals surface area contributed by atoms with Crippen LogP contribution in [0.3, 0.4) is 0 Å². The van der Waals surface area contributed by atoms with E-state index >= 15 is 0 Å². The molecule has 0 saturated heterocycles. The van der Waals surface area contributed by atoms with E-state index in [-0.39, 0.29) is 37.3 Å². The van der Waals surface area contributed by atoms with Gasteiger partial charge in [0.25, 0.3) is 0 Å². The number of hydrogen-bond donors (Lipinski definition) is 0. The van der Waals surface area contributed by atoms with Gasteiger partial charge in [-0.25, -0.2) is 24.3 Å². The molecule has 2 nitrogen and oxygen atoms in total. The largest absolute Gasteiger partial charge is 4.00 e. The van der Waals surface area contributed by atoms with Crippen molar-refractivity contribution in [3.8, 4) is 11.5 Å². The SMILES string of the molecule is CCCC[c-]1cccc1.CCCC[c-]1cccc1.[Hf+4].[O-]c1ccccc1.[O-]c1ccccc1. The first-order valence-electron chi connectivity index (χ1n) is 11.5. The summed E-state index contributed by atoms with van der Waals surface area (Å²) in [6.45, 7) is 4.45. The Balaban J connectivity index is 0.000000412. The maximum Gasteiger partial charge on any atom is 4.00 e. The van der Waals surface area contributed by atoms with Crippen LogP contribution in [0.15, 0.2) is 109 Å². The van der Waals surface area contributed by atoms with Crippen molar-refractivity contribution < 1.29 is 36.1 Å². The summed E-state index contributed by atoms with van der Waals surface area (Å²) in [6.07, 6.45) is 7.75. The van der Waals surface area contributed by atoms with Crippen LogP contribution in [0.2, 0.25) is 0 Å². The Morgan fingerprint density at radius 2 is 0.818 bits per heavy atom. The van der Waals surface area contributed by atoms with Crippen molar-refractivity contribution in [3.05, 3.63) is 120 Å². The van der Waals surface area contributed by atoms with Crippen LogP contribution < -0.4 is 10.2 Å². The molecular weight excluding hydrogens is 571 g/mol. The van der Waals surface area contributed by atoms with Gasteiger partial charge in [0.15, 0.2) is 0 Å². The van der Waals surface area contributed by atoms with Gasteiger partial charge in [-0.15, -0.1) is 11.5 Å². The molecule has 0 unspecified atom stereocenters. The minimum Gasteiger partial charge on any atom is -0.872 e. The van der Waals surface area contributed by atoms with Crippen LogP contribution in [0, 0.1) is 0 Å². The second kappa shape index (κ2) is 21.5. The van der Waals surface area contributed by atoms with E-state index in [9.17, 15) is 10.2 Å². The molecule has 0 spiro atoms. The summed E-state index contributed by atoms with van der Waals surface area (Å²) in [4.78, 5) is 0. The van der Waals surface area contributed by atoms with Gasteiger partial charge < -0.3 is 10.2 Å². The number of para-hydroxylation sites is 2. The second-order valence-electron chi connectivity index (χ2n) is 7.42. The molecule has 0 aliphatic heterocycles. The zero-order valence-corrected chi connectivity index (χ0v) is 23.5. The van der Waals surface area contributed by atoms with Crippen molar-refractivity contribution in [2.75, 3.05) is 0 Å². The molecular formula is C30H36HfO2. The standard InChI is InChI=1S/2C9H13.2C6H6O.Hf/c2*1-2-3-6-9-7-4-5-8-9;2*7-6-4-2-1-3-5-6;/h2*4-5,7-8H,2-3,6H2,1H3;2*1-5,7H;/q2*-1;;;+4/p-2. The van der Waals surface area contributed by atoms with Gasteiger partial charge in [-0.1, -0.05) is 113 Å². The minimum absolute atomic E-state index is 0. The van der Waals surface area contributed by atoms with E-state index in [0.29, 0.717) is 0 Å². The molecule has 172 valence electrons. The molecule has 0 aliphatic carbocycles. The van der Waals surface area contributed by atoms with Gasteiger partial charge >= 0.3 is 25.8 Å². The molecule has 0 aromatic heterocycles. The van der Waals surface area contributed by atoms with Gasteiger partial charge in [0.05, 0.1) is 0 Å². The summed E-state index contributed by atoms with van der Waals surface area (Å²) in [5.41, 5.74) is 2.97. The fourth-order valence-electron chi connectivity index (χ4n) is 2.76. The van der Waals surface area contributed by atoms with Crippen LogP contribution >= 0.6 is 0 Å². The molecule has 0 aliphatic rings. The number of aryl methyl sites for hydroxylation is 2. The molecule has 0 bridgehead atoms. The van der Waals surface area contributed by atoms with Crippen molar-refractivity contribution >= 4 is 0 Å². The van der Waals surface area contributed by atoms with Crippen LogP contribution in [-0.2, 0) is 38.7 Å². The number of benzene rings is 2. The number of rotatable bonds is 6. The first kappa shape index (κ1) is 30.6. The summed E-state index contributed by atoms with van der Waals surface area (Å²) >= 11 is 0. The van der Waals surface area contributed by atoms with E-state index in [1.54, 1.807) is 24.3 Å². The van der Waals surface area contributed by atoms with Crippen molar-refractivity contribution in [3.63, 3.8) is 0 Å². The van der Waals surface area contributed by atoms with Gasteiger partial charge in [-0.2, -0.15) is 35.4 Å². The zero-order valence-electron chi connectivity index (χ0n) is 20.0. The quantitative estimate of drug-likeness (QED) is 0.175. The van der Waals surface area contributed by atoms with E-state index in [4.69, 9.17) is 0 Å². The van der Waals surface area contributed by atoms with Crippen molar-refractivity contribution in [2.45, 2.75) is 52.4 Å². The van der Waals surface area contributed by atoms with Crippen LogP contribution in [0.5, 0.6) is 11.5 Å². The number of unbranched alkanes of at least 4 members (excludes halogenated alkanes) is 2. The Labute approximate surface area is 219 Å². The molecule has 0 atom stereocenters. The fourth-order valence-corrected chi connectivity index (χ4v) is 2.76. The molecule has 0 N–H and O–H groups in total. The fraction of sp³-hybridized carbons (Fsp3) is 0.267. The summed E-state index contributed by atoms with van der Waals surface area (Å²) in [6, 6.07) is 33.8. The van der Waals surface area contributed by atoms with E-state index in [0.717, 1.165) is 0 Å². The summed E-state index contributed by atoms with van der Waals surface area (Å²) in [7, 11) is 0. The van der Waals surface area contributed by atoms with E-state index in [1.165, 1.54) is 73.9 Å². The Morgan fingerprint density at radius 1 is 0.515 bits per heavy atom. The van der Waals surface area contributed by atoms with Gasteiger partial charge in [-0.05, 0) is 0 Å². The Morgan fingerprint density at radius 3 is 1.03 bits per heavy atom. The van der Waals surface area contributed by atoms with Gasteiger partial charge in [-0.3, -0.25) is 0 Å². The third-order valence-electron chi connectivity index (χ3n) is 4.59. The zero-order chi connectivity index (χ0) is 23.3. The van der Waals surface area contributed by atoms with E-state index < -0.39 is 0 Å². The summed E-state index contributed by atoms with van der Waals surface area (Å²) in [5.74, 6) is 0.144. The minimum atomic E-state index is 0. The third-order valence-corrected chi connectivity index (χ3v) is 4.59. The Hall–Kier alpha value is -2.39. The monoisotopic (exact) mass is 608 g/mol. The summed E-state index contributed by atoms with van der Waals surface area (Å²) < 4.78 is 0. The molecule has 4 rings (SSSR count). The number of hydrogen-bond acceptors (Lipinski definition) is 2. The topological polar surface area (TPSA) is 46.1 Å². The molecule has 0 amide bonds. The smallest absolute Gasteiger partial charge is 0.872 e. The van der Waals surface area contributed by atoms with Gasteiger partial charge in [0.1, 0.15) is 0 Å². The maximum absolute atomic E-state index is 10.3. The van der Waals surface area contributed by atoms with Crippen LogP contribution in [0.25, 0.3) is 0 Å². The van der Waals surface area contributed by atoms with Crippen LogP contribution in [0.4, 0.5) is 0 Å². The first-order chi connectivity index (χ1) is 15.7.